The van der Waals surface area contributed by atoms with Crippen LogP contribution in [0.3, 0.4) is 0 Å². The molecule has 0 aliphatic carbocycles. The van der Waals surface area contributed by atoms with Crippen molar-refractivity contribution in [2.45, 2.75) is 6.92 Å². The van der Waals surface area contributed by atoms with Gasteiger partial charge in [-0.25, -0.2) is 0 Å². The number of amides is 1. The van der Waals surface area contributed by atoms with Crippen molar-refractivity contribution in [2.24, 2.45) is 0 Å². The van der Waals surface area contributed by atoms with Gasteiger partial charge in [-0.05, 0) is 24.1 Å². The fraction of sp³-hybridized carbons (Fsp3) is 0.0833. The third-order valence-electron chi connectivity index (χ3n) is 2.14. The summed E-state index contributed by atoms with van der Waals surface area (Å²) in [4.78, 5) is 11.0. The first-order valence-corrected chi connectivity index (χ1v) is 4.52. The van der Waals surface area contributed by atoms with Crippen LogP contribution in [0, 0.1) is 0 Å². The minimum absolute atomic E-state index is 0.0373. The molecule has 1 heterocycles. The van der Waals surface area contributed by atoms with E-state index in [1.807, 2.05) is 43.3 Å². The third-order valence-corrected chi connectivity index (χ3v) is 2.14. The predicted molar refractivity (Wildman–Crippen MR) is 56.3 cm³/mol. The number of allylic oxidation sites excluding steroid dienone is 1. The fourth-order valence-electron chi connectivity index (χ4n) is 1.41. The molecule has 0 saturated carbocycles. The Labute approximate surface area is 82.9 Å². The van der Waals surface area contributed by atoms with E-state index in [0.717, 1.165) is 16.8 Å². The molecule has 1 aliphatic rings. The van der Waals surface area contributed by atoms with Crippen molar-refractivity contribution in [3.8, 4) is 0 Å². The number of hydrogen-bond acceptors (Lipinski definition) is 1. The zero-order valence-electron chi connectivity index (χ0n) is 7.95. The lowest BCUT2D eigenvalue weighted by atomic mass is 10.1. The highest BCUT2D eigenvalue weighted by atomic mass is 16.1. The number of hydrogen-bond donors (Lipinski definition) is 1. The molecule has 0 fully saturated rings. The van der Waals surface area contributed by atoms with E-state index < -0.39 is 0 Å². The van der Waals surface area contributed by atoms with Crippen molar-refractivity contribution in [3.05, 3.63) is 53.2 Å². The van der Waals surface area contributed by atoms with Crippen LogP contribution in [0.1, 0.15) is 12.5 Å². The Balaban J connectivity index is 2.29. The van der Waals surface area contributed by atoms with E-state index in [0.29, 0.717) is 0 Å². The van der Waals surface area contributed by atoms with Gasteiger partial charge in [0.15, 0.2) is 0 Å². The molecule has 14 heavy (non-hydrogen) atoms. The van der Waals surface area contributed by atoms with Crippen LogP contribution in [0.25, 0.3) is 6.08 Å². The highest BCUT2D eigenvalue weighted by Crippen LogP contribution is 2.15. The lowest BCUT2D eigenvalue weighted by Crippen LogP contribution is -2.13. The van der Waals surface area contributed by atoms with Gasteiger partial charge in [-0.15, -0.1) is 0 Å². The maximum atomic E-state index is 11.0. The number of benzene rings is 1. The molecule has 1 N–H and O–H groups in total. The number of rotatable bonds is 1. The monoisotopic (exact) mass is 185 g/mol. The molecule has 1 aromatic carbocycles. The van der Waals surface area contributed by atoms with E-state index in [1.165, 1.54) is 0 Å². The quantitative estimate of drug-likeness (QED) is 0.713. The molecule has 0 spiro atoms. The van der Waals surface area contributed by atoms with Gasteiger partial charge in [0.25, 0.3) is 0 Å². The Hall–Kier alpha value is -1.83. The zero-order chi connectivity index (χ0) is 9.97. The summed E-state index contributed by atoms with van der Waals surface area (Å²) in [5.41, 5.74) is 2.97. The zero-order valence-corrected chi connectivity index (χ0v) is 7.95. The molecule has 1 aromatic rings. The van der Waals surface area contributed by atoms with Crippen LogP contribution in [0.2, 0.25) is 0 Å². The number of nitrogens with one attached hydrogen (secondary N) is 1. The summed E-state index contributed by atoms with van der Waals surface area (Å²) in [7, 11) is 0. The molecule has 2 rings (SSSR count). The van der Waals surface area contributed by atoms with Crippen molar-refractivity contribution in [1.82, 2.24) is 5.32 Å². The standard InChI is InChI=1S/C12H11NO/c1-9-7-12(14)13-11(9)8-10-5-3-2-4-6-10/h2-8H,1H3,(H,13,14)/b11-8-. The average Bonchev–Trinajstić information content (AvgIpc) is 2.47. The molecule has 1 aliphatic heterocycles. The van der Waals surface area contributed by atoms with E-state index in [9.17, 15) is 4.79 Å². The van der Waals surface area contributed by atoms with Crippen molar-refractivity contribution in [2.75, 3.05) is 0 Å². The second kappa shape index (κ2) is 3.50. The van der Waals surface area contributed by atoms with Gasteiger partial charge in [0.05, 0.1) is 0 Å². The van der Waals surface area contributed by atoms with Crippen molar-refractivity contribution >= 4 is 12.0 Å². The number of carbonyl (C=O) groups excluding carboxylic acids is 1. The molecule has 0 aromatic heterocycles. The Kier molecular flexibility index (Phi) is 2.19. The lowest BCUT2D eigenvalue weighted by Gasteiger charge is -2.00. The van der Waals surface area contributed by atoms with E-state index in [2.05, 4.69) is 5.32 Å². The van der Waals surface area contributed by atoms with Gasteiger partial charge < -0.3 is 5.32 Å². The van der Waals surface area contributed by atoms with E-state index in [-0.39, 0.29) is 5.91 Å². The van der Waals surface area contributed by atoms with Crippen LogP contribution in [0.4, 0.5) is 0 Å². The van der Waals surface area contributed by atoms with Gasteiger partial charge in [-0.2, -0.15) is 0 Å². The van der Waals surface area contributed by atoms with Crippen LogP contribution in [0.5, 0.6) is 0 Å². The molecular weight excluding hydrogens is 174 g/mol. The minimum atomic E-state index is -0.0373. The van der Waals surface area contributed by atoms with E-state index in [1.54, 1.807) is 6.08 Å². The summed E-state index contributed by atoms with van der Waals surface area (Å²) in [6.07, 6.45) is 3.57. The predicted octanol–water partition coefficient (Wildman–Crippen LogP) is 2.10. The SMILES string of the molecule is CC1=CC(=O)N/C1=C\c1ccccc1. The van der Waals surface area contributed by atoms with Crippen LogP contribution in [-0.2, 0) is 4.79 Å². The topological polar surface area (TPSA) is 29.1 Å². The summed E-state index contributed by atoms with van der Waals surface area (Å²) >= 11 is 0. The molecule has 0 atom stereocenters. The molecule has 70 valence electrons. The summed E-state index contributed by atoms with van der Waals surface area (Å²) in [5, 5.41) is 2.78. The van der Waals surface area contributed by atoms with Crippen LogP contribution < -0.4 is 5.32 Å². The molecule has 2 heteroatoms. The number of carbonyl (C=O) groups is 1. The van der Waals surface area contributed by atoms with Crippen molar-refractivity contribution in [1.29, 1.82) is 0 Å². The first-order valence-electron chi connectivity index (χ1n) is 4.52. The second-order valence-corrected chi connectivity index (χ2v) is 3.29. The Morgan fingerprint density at radius 2 is 1.93 bits per heavy atom. The largest absolute Gasteiger partial charge is 0.322 e. The molecule has 2 nitrogen and oxygen atoms in total. The summed E-state index contributed by atoms with van der Waals surface area (Å²) in [6, 6.07) is 9.93. The second-order valence-electron chi connectivity index (χ2n) is 3.29. The Morgan fingerprint density at radius 3 is 2.50 bits per heavy atom. The third kappa shape index (κ3) is 1.74. The van der Waals surface area contributed by atoms with Gasteiger partial charge in [-0.1, -0.05) is 30.3 Å². The van der Waals surface area contributed by atoms with E-state index >= 15 is 0 Å². The Morgan fingerprint density at radius 1 is 1.21 bits per heavy atom. The smallest absolute Gasteiger partial charge is 0.248 e. The van der Waals surface area contributed by atoms with Gasteiger partial charge in [-0.3, -0.25) is 4.79 Å². The molecule has 0 radical (unpaired) electrons. The molecule has 0 bridgehead atoms. The summed E-state index contributed by atoms with van der Waals surface area (Å²) < 4.78 is 0. The summed E-state index contributed by atoms with van der Waals surface area (Å²) in [6.45, 7) is 1.92. The molecule has 0 unspecified atom stereocenters. The molecule has 1 amide bonds. The molecule has 0 saturated heterocycles. The van der Waals surface area contributed by atoms with Crippen molar-refractivity contribution < 1.29 is 4.79 Å². The van der Waals surface area contributed by atoms with Gasteiger partial charge in [0, 0.05) is 11.8 Å². The van der Waals surface area contributed by atoms with Crippen LogP contribution in [0.15, 0.2) is 47.7 Å². The van der Waals surface area contributed by atoms with Gasteiger partial charge >= 0.3 is 0 Å². The average molecular weight is 185 g/mol. The van der Waals surface area contributed by atoms with Gasteiger partial charge in [0.2, 0.25) is 5.91 Å². The Bertz CT molecular complexity index is 415. The van der Waals surface area contributed by atoms with Gasteiger partial charge in [0.1, 0.15) is 0 Å². The van der Waals surface area contributed by atoms with E-state index in [4.69, 9.17) is 0 Å². The first kappa shape index (κ1) is 8.75. The normalized spacial score (nSPS) is 18.2. The van der Waals surface area contributed by atoms with Crippen LogP contribution in [-0.4, -0.2) is 5.91 Å². The maximum Gasteiger partial charge on any atom is 0.248 e. The minimum Gasteiger partial charge on any atom is -0.322 e. The fourth-order valence-corrected chi connectivity index (χ4v) is 1.41. The highest BCUT2D eigenvalue weighted by molar-refractivity contribution is 5.95. The van der Waals surface area contributed by atoms with Crippen LogP contribution >= 0.6 is 0 Å². The summed E-state index contributed by atoms with van der Waals surface area (Å²) in [5.74, 6) is -0.0373. The maximum absolute atomic E-state index is 11.0. The molecular formula is C12H11NO. The highest BCUT2D eigenvalue weighted by Gasteiger charge is 2.12. The first-order chi connectivity index (χ1) is 6.75. The lowest BCUT2D eigenvalue weighted by molar-refractivity contribution is -0.115. The van der Waals surface area contributed by atoms with Crippen molar-refractivity contribution in [3.63, 3.8) is 0 Å².